The molecule has 1 saturated heterocycles. The van der Waals surface area contributed by atoms with E-state index in [4.69, 9.17) is 18.9 Å². The van der Waals surface area contributed by atoms with Crippen LogP contribution >= 0.6 is 27.7 Å². The summed E-state index contributed by atoms with van der Waals surface area (Å²) in [4.78, 5) is 39.5. The van der Waals surface area contributed by atoms with Gasteiger partial charge in [-0.1, -0.05) is 30.3 Å². The zero-order valence-corrected chi connectivity index (χ0v) is 23.9. The summed E-state index contributed by atoms with van der Waals surface area (Å²) >= 11 is 4.32. The summed E-state index contributed by atoms with van der Waals surface area (Å²) in [5.74, 6) is 1.08. The van der Waals surface area contributed by atoms with Gasteiger partial charge in [0.05, 0.1) is 16.0 Å². The molecule has 11 heteroatoms. The number of halogens is 1. The number of ether oxygens (including phenoxy) is 4. The van der Waals surface area contributed by atoms with Crippen molar-refractivity contribution in [2.75, 3.05) is 31.7 Å². The maximum absolute atomic E-state index is 13.1. The summed E-state index contributed by atoms with van der Waals surface area (Å²) in [5.41, 5.74) is 2.11. The van der Waals surface area contributed by atoms with Crippen LogP contribution in [-0.4, -0.2) is 48.3 Å². The molecule has 3 aromatic rings. The van der Waals surface area contributed by atoms with E-state index in [9.17, 15) is 14.4 Å². The van der Waals surface area contributed by atoms with E-state index < -0.39 is 23.6 Å². The Hall–Kier alpha value is -3.96. The fraction of sp³-hybridized carbons (Fsp3) is 0.207. The number of benzene rings is 3. The van der Waals surface area contributed by atoms with E-state index in [1.165, 1.54) is 0 Å². The van der Waals surface area contributed by atoms with Gasteiger partial charge in [-0.15, -0.1) is 0 Å². The van der Waals surface area contributed by atoms with Crippen molar-refractivity contribution in [1.29, 1.82) is 0 Å². The summed E-state index contributed by atoms with van der Waals surface area (Å²) in [6.45, 7) is 3.08. The van der Waals surface area contributed by atoms with Crippen molar-refractivity contribution in [2.45, 2.75) is 13.5 Å². The lowest BCUT2D eigenvalue weighted by Gasteiger charge is -2.19. The number of imide groups is 1. The van der Waals surface area contributed by atoms with Crippen molar-refractivity contribution in [1.82, 2.24) is 4.90 Å². The van der Waals surface area contributed by atoms with E-state index in [0.717, 1.165) is 22.2 Å². The van der Waals surface area contributed by atoms with Gasteiger partial charge < -0.3 is 24.3 Å². The Kier molecular flexibility index (Phi) is 8.61. The van der Waals surface area contributed by atoms with Gasteiger partial charge in [-0.25, -0.2) is 0 Å². The van der Waals surface area contributed by atoms with Crippen molar-refractivity contribution < 1.29 is 33.3 Å². The Labute approximate surface area is 243 Å². The number of hydrogen-bond donors (Lipinski definition) is 1. The lowest BCUT2D eigenvalue weighted by Crippen LogP contribution is -2.36. The summed E-state index contributed by atoms with van der Waals surface area (Å²) in [6.07, 6.45) is 1.60. The summed E-state index contributed by atoms with van der Waals surface area (Å²) in [5, 5.41) is 2.17. The number of anilines is 1. The van der Waals surface area contributed by atoms with Gasteiger partial charge in [0.2, 0.25) is 5.91 Å². The third-order valence-corrected chi connectivity index (χ3v) is 7.35. The smallest absolute Gasteiger partial charge is 0.294 e. The molecule has 0 atom stereocenters. The number of amides is 3. The quantitative estimate of drug-likeness (QED) is 0.295. The lowest BCUT2D eigenvalue weighted by atomic mass is 10.1. The number of carbonyl (C=O) groups excluding carboxylic acids is 3. The molecule has 1 fully saturated rings. The van der Waals surface area contributed by atoms with Crippen LogP contribution in [0.25, 0.3) is 6.08 Å². The zero-order chi connectivity index (χ0) is 28.1. The first-order valence-corrected chi connectivity index (χ1v) is 14.1. The number of thioether (sulfide) groups is 1. The van der Waals surface area contributed by atoms with Gasteiger partial charge in [-0.05, 0) is 76.1 Å². The van der Waals surface area contributed by atoms with Crippen LogP contribution in [0, 0.1) is 0 Å². The van der Waals surface area contributed by atoms with Crippen LogP contribution in [-0.2, 0) is 16.2 Å². The summed E-state index contributed by atoms with van der Waals surface area (Å²) < 4.78 is 23.5. The van der Waals surface area contributed by atoms with Crippen LogP contribution in [0.5, 0.6) is 23.0 Å². The minimum atomic E-state index is -0.550. The Morgan fingerprint density at radius 3 is 2.60 bits per heavy atom. The number of carbonyl (C=O) groups is 3. The van der Waals surface area contributed by atoms with E-state index in [1.807, 2.05) is 37.3 Å². The second-order valence-corrected chi connectivity index (χ2v) is 10.6. The number of fused-ring (bicyclic) bond motifs is 1. The average Bonchev–Trinajstić information content (AvgIpc) is 3.20. The molecule has 2 aliphatic rings. The summed E-state index contributed by atoms with van der Waals surface area (Å²) in [7, 11) is 0. The molecule has 206 valence electrons. The molecule has 40 heavy (non-hydrogen) atoms. The first kappa shape index (κ1) is 27.6. The molecule has 3 aromatic carbocycles. The fourth-order valence-electron chi connectivity index (χ4n) is 4.06. The van der Waals surface area contributed by atoms with Gasteiger partial charge in [0, 0.05) is 11.8 Å². The van der Waals surface area contributed by atoms with Crippen LogP contribution < -0.4 is 24.3 Å². The number of hydrogen-bond acceptors (Lipinski definition) is 8. The van der Waals surface area contributed by atoms with Crippen molar-refractivity contribution in [2.24, 2.45) is 0 Å². The van der Waals surface area contributed by atoms with E-state index in [1.54, 1.807) is 36.4 Å². The molecule has 2 aliphatic heterocycles. The minimum absolute atomic E-state index is 0.199. The highest BCUT2D eigenvalue weighted by molar-refractivity contribution is 9.10. The van der Waals surface area contributed by atoms with Gasteiger partial charge >= 0.3 is 0 Å². The zero-order valence-electron chi connectivity index (χ0n) is 21.5. The number of nitrogens with zero attached hydrogens (tertiary/aromatic N) is 1. The normalized spacial score (nSPS) is 15.3. The Morgan fingerprint density at radius 2 is 1.82 bits per heavy atom. The highest BCUT2D eigenvalue weighted by Crippen LogP contribution is 2.40. The summed E-state index contributed by atoms with van der Waals surface area (Å²) in [6, 6.07) is 18.3. The molecule has 0 unspecified atom stereocenters. The van der Waals surface area contributed by atoms with Crippen LogP contribution in [0.3, 0.4) is 0 Å². The van der Waals surface area contributed by atoms with Crippen molar-refractivity contribution in [3.05, 3.63) is 81.2 Å². The Balaban J connectivity index is 1.27. The van der Waals surface area contributed by atoms with Gasteiger partial charge in [0.15, 0.2) is 23.0 Å². The standard InChI is InChI=1S/C29H25BrN2O7S/c1-2-36-24-13-19(12-21(30)27(24)39-17-18-6-4-3-5-7-18)14-25-28(34)32(29(35)40-25)16-26(33)31-20-8-9-22-23(15-20)38-11-10-37-22/h3-9,12-15H,2,10-11,16-17H2,1H3,(H,31,33)/b25-14+. The van der Waals surface area contributed by atoms with Crippen LogP contribution in [0.15, 0.2) is 70.0 Å². The predicted molar refractivity (Wildman–Crippen MR) is 155 cm³/mol. The molecule has 0 aliphatic carbocycles. The van der Waals surface area contributed by atoms with Crippen molar-refractivity contribution in [3.63, 3.8) is 0 Å². The maximum Gasteiger partial charge on any atom is 0.294 e. The van der Waals surface area contributed by atoms with Gasteiger partial charge in [-0.2, -0.15) is 0 Å². The molecule has 0 radical (unpaired) electrons. The molecular formula is C29H25BrN2O7S. The van der Waals surface area contributed by atoms with E-state index in [0.29, 0.717) is 65.1 Å². The highest BCUT2D eigenvalue weighted by Gasteiger charge is 2.36. The Morgan fingerprint density at radius 1 is 1.05 bits per heavy atom. The predicted octanol–water partition coefficient (Wildman–Crippen LogP) is 5.87. The molecule has 9 nitrogen and oxygen atoms in total. The van der Waals surface area contributed by atoms with Gasteiger partial charge in [-0.3, -0.25) is 19.3 Å². The maximum atomic E-state index is 13.1. The third kappa shape index (κ3) is 6.43. The highest BCUT2D eigenvalue weighted by atomic mass is 79.9. The fourth-order valence-corrected chi connectivity index (χ4v) is 5.47. The largest absolute Gasteiger partial charge is 0.490 e. The number of rotatable bonds is 9. The van der Waals surface area contributed by atoms with Crippen molar-refractivity contribution >= 4 is 56.5 Å². The average molecular weight is 625 g/mol. The van der Waals surface area contributed by atoms with E-state index in [-0.39, 0.29) is 4.91 Å². The SMILES string of the molecule is CCOc1cc(/C=C2/SC(=O)N(CC(=O)Nc3ccc4c(c3)OCCO4)C2=O)cc(Br)c1OCc1ccccc1. The first-order valence-electron chi connectivity index (χ1n) is 12.5. The first-order chi connectivity index (χ1) is 19.4. The second kappa shape index (κ2) is 12.5. The van der Waals surface area contributed by atoms with E-state index in [2.05, 4.69) is 21.2 Å². The second-order valence-electron chi connectivity index (χ2n) is 8.71. The molecule has 2 heterocycles. The van der Waals surface area contributed by atoms with Crippen LogP contribution in [0.2, 0.25) is 0 Å². The van der Waals surface area contributed by atoms with Gasteiger partial charge in [0.25, 0.3) is 11.1 Å². The monoisotopic (exact) mass is 624 g/mol. The molecule has 0 bridgehead atoms. The molecular weight excluding hydrogens is 600 g/mol. The molecule has 5 rings (SSSR count). The molecule has 0 spiro atoms. The molecule has 0 aromatic heterocycles. The molecule has 1 N–H and O–H groups in total. The van der Waals surface area contributed by atoms with Crippen molar-refractivity contribution in [3.8, 4) is 23.0 Å². The van der Waals surface area contributed by atoms with Crippen LogP contribution in [0.4, 0.5) is 10.5 Å². The topological polar surface area (TPSA) is 103 Å². The van der Waals surface area contributed by atoms with E-state index >= 15 is 0 Å². The number of nitrogens with one attached hydrogen (secondary N) is 1. The van der Waals surface area contributed by atoms with Crippen LogP contribution in [0.1, 0.15) is 18.1 Å². The Bertz CT molecular complexity index is 1480. The minimum Gasteiger partial charge on any atom is -0.490 e. The molecule has 3 amide bonds. The van der Waals surface area contributed by atoms with Gasteiger partial charge in [0.1, 0.15) is 26.4 Å². The molecule has 0 saturated carbocycles. The lowest BCUT2D eigenvalue weighted by molar-refractivity contribution is -0.127. The third-order valence-electron chi connectivity index (χ3n) is 5.86.